The van der Waals surface area contributed by atoms with Crippen molar-refractivity contribution in [2.45, 2.75) is 37.9 Å². The van der Waals surface area contributed by atoms with E-state index in [1.807, 2.05) is 30.9 Å². The van der Waals surface area contributed by atoms with Gasteiger partial charge in [0.15, 0.2) is 0 Å². The summed E-state index contributed by atoms with van der Waals surface area (Å²) >= 11 is 0. The van der Waals surface area contributed by atoms with Crippen LogP contribution in [0.1, 0.15) is 24.8 Å². The SMILES string of the molecule is Cc1cn(C)c2nc(OC[C@@]34CCCN3C[C@H](F)C4)ncc12. The van der Waals surface area contributed by atoms with Crippen molar-refractivity contribution in [1.29, 1.82) is 0 Å². The van der Waals surface area contributed by atoms with Gasteiger partial charge in [-0.15, -0.1) is 0 Å². The van der Waals surface area contributed by atoms with E-state index >= 15 is 0 Å². The first-order valence-corrected chi connectivity index (χ1v) is 7.88. The minimum absolute atomic E-state index is 0.151. The van der Waals surface area contributed by atoms with E-state index in [9.17, 15) is 4.39 Å². The van der Waals surface area contributed by atoms with Crippen molar-refractivity contribution in [3.8, 4) is 6.01 Å². The van der Waals surface area contributed by atoms with Gasteiger partial charge in [0, 0.05) is 37.8 Å². The lowest BCUT2D eigenvalue weighted by Gasteiger charge is -2.30. The van der Waals surface area contributed by atoms with E-state index in [1.54, 1.807) is 0 Å². The van der Waals surface area contributed by atoms with Gasteiger partial charge in [-0.05, 0) is 31.9 Å². The minimum atomic E-state index is -0.733. The van der Waals surface area contributed by atoms with Gasteiger partial charge in [-0.25, -0.2) is 9.37 Å². The fourth-order valence-electron chi connectivity index (χ4n) is 4.04. The molecule has 0 bridgehead atoms. The summed E-state index contributed by atoms with van der Waals surface area (Å²) in [5, 5.41) is 1.04. The standard InChI is InChI=1S/C16H21FN4O/c1-11-8-20(2)14-13(11)7-18-15(19-14)22-10-16-4-3-5-21(16)9-12(17)6-16/h7-8,12H,3-6,9-10H2,1-2H3/t12-,16+/m1/s1. The Labute approximate surface area is 129 Å². The number of ether oxygens (including phenoxy) is 1. The Bertz CT molecular complexity index is 715. The second-order valence-electron chi connectivity index (χ2n) is 6.68. The van der Waals surface area contributed by atoms with E-state index in [0.717, 1.165) is 36.0 Å². The summed E-state index contributed by atoms with van der Waals surface area (Å²) in [6.07, 6.45) is 5.79. The third-order valence-corrected chi connectivity index (χ3v) is 5.12. The molecule has 0 saturated carbocycles. The molecule has 0 amide bonds. The summed E-state index contributed by atoms with van der Waals surface area (Å²) in [7, 11) is 1.97. The molecule has 5 nitrogen and oxygen atoms in total. The van der Waals surface area contributed by atoms with Gasteiger partial charge in [0.05, 0.1) is 5.54 Å². The number of aryl methyl sites for hydroxylation is 2. The average Bonchev–Trinajstić information content (AvgIpc) is 3.08. The lowest BCUT2D eigenvalue weighted by molar-refractivity contribution is 0.107. The van der Waals surface area contributed by atoms with Crippen LogP contribution in [-0.4, -0.2) is 50.8 Å². The maximum Gasteiger partial charge on any atom is 0.318 e. The van der Waals surface area contributed by atoms with Crippen LogP contribution >= 0.6 is 0 Å². The molecule has 4 rings (SSSR count). The highest BCUT2D eigenvalue weighted by Crippen LogP contribution is 2.40. The smallest absolute Gasteiger partial charge is 0.318 e. The summed E-state index contributed by atoms with van der Waals surface area (Å²) < 4.78 is 21.6. The maximum atomic E-state index is 13.7. The first-order valence-electron chi connectivity index (χ1n) is 7.88. The van der Waals surface area contributed by atoms with Crippen LogP contribution in [0.4, 0.5) is 4.39 Å². The minimum Gasteiger partial charge on any atom is -0.461 e. The largest absolute Gasteiger partial charge is 0.461 e. The van der Waals surface area contributed by atoms with Crippen molar-refractivity contribution in [3.05, 3.63) is 18.0 Å². The number of hydrogen-bond acceptors (Lipinski definition) is 4. The molecule has 2 aliphatic heterocycles. The fraction of sp³-hybridized carbons (Fsp3) is 0.625. The first kappa shape index (κ1) is 13.9. The van der Waals surface area contributed by atoms with Crippen LogP contribution in [0.15, 0.2) is 12.4 Å². The molecule has 2 fully saturated rings. The first-order chi connectivity index (χ1) is 10.6. The van der Waals surface area contributed by atoms with Crippen molar-refractivity contribution >= 4 is 11.0 Å². The van der Waals surface area contributed by atoms with E-state index in [4.69, 9.17) is 4.74 Å². The van der Waals surface area contributed by atoms with E-state index in [0.29, 0.717) is 25.6 Å². The Balaban J connectivity index is 1.55. The van der Waals surface area contributed by atoms with Gasteiger partial charge in [0.2, 0.25) is 0 Å². The highest BCUT2D eigenvalue weighted by Gasteiger charge is 2.49. The monoisotopic (exact) mass is 304 g/mol. The molecule has 6 heteroatoms. The Morgan fingerprint density at radius 2 is 2.36 bits per heavy atom. The predicted molar refractivity (Wildman–Crippen MR) is 81.8 cm³/mol. The van der Waals surface area contributed by atoms with Crippen LogP contribution in [-0.2, 0) is 7.05 Å². The summed E-state index contributed by atoms with van der Waals surface area (Å²) in [6, 6.07) is 0.386. The molecule has 4 heterocycles. The molecule has 0 unspecified atom stereocenters. The number of fused-ring (bicyclic) bond motifs is 2. The molecule has 22 heavy (non-hydrogen) atoms. The third-order valence-electron chi connectivity index (χ3n) is 5.12. The molecule has 2 aromatic heterocycles. The highest BCUT2D eigenvalue weighted by atomic mass is 19.1. The van der Waals surface area contributed by atoms with Crippen LogP contribution in [0, 0.1) is 6.92 Å². The molecule has 0 aliphatic carbocycles. The Hall–Kier alpha value is -1.69. The molecule has 2 atom stereocenters. The molecule has 2 aliphatic rings. The topological polar surface area (TPSA) is 43.2 Å². The zero-order chi connectivity index (χ0) is 15.3. The molecule has 0 aromatic carbocycles. The zero-order valence-electron chi connectivity index (χ0n) is 13.0. The summed E-state index contributed by atoms with van der Waals surface area (Å²) in [6.45, 7) is 4.03. The van der Waals surface area contributed by atoms with Crippen molar-refractivity contribution in [2.75, 3.05) is 19.7 Å². The molecule has 0 N–H and O–H groups in total. The van der Waals surface area contributed by atoms with E-state index < -0.39 is 6.17 Å². The van der Waals surface area contributed by atoms with Crippen molar-refractivity contribution < 1.29 is 9.13 Å². The molecule has 118 valence electrons. The molecule has 0 radical (unpaired) electrons. The zero-order valence-corrected chi connectivity index (χ0v) is 13.0. The molecular formula is C16H21FN4O. The lowest BCUT2D eigenvalue weighted by Crippen LogP contribution is -2.43. The second kappa shape index (κ2) is 4.91. The van der Waals surface area contributed by atoms with Crippen molar-refractivity contribution in [2.24, 2.45) is 7.05 Å². The maximum absolute atomic E-state index is 13.7. The predicted octanol–water partition coefficient (Wildman–Crippen LogP) is 2.23. The van der Waals surface area contributed by atoms with Gasteiger partial charge in [-0.3, -0.25) is 4.90 Å². The van der Waals surface area contributed by atoms with Gasteiger partial charge >= 0.3 is 6.01 Å². The number of rotatable bonds is 3. The number of halogens is 1. The third kappa shape index (κ3) is 2.08. The second-order valence-corrected chi connectivity index (χ2v) is 6.68. The van der Waals surface area contributed by atoms with Gasteiger partial charge in [-0.1, -0.05) is 0 Å². The highest BCUT2D eigenvalue weighted by molar-refractivity contribution is 5.79. The van der Waals surface area contributed by atoms with E-state index in [2.05, 4.69) is 14.9 Å². The number of alkyl halides is 1. The number of nitrogens with zero attached hydrogens (tertiary/aromatic N) is 4. The van der Waals surface area contributed by atoms with Crippen LogP contribution in [0.25, 0.3) is 11.0 Å². The van der Waals surface area contributed by atoms with Crippen LogP contribution < -0.4 is 4.74 Å². The number of aromatic nitrogens is 3. The molecule has 2 aromatic rings. The summed E-state index contributed by atoms with van der Waals surface area (Å²) in [5.74, 6) is 0. The Morgan fingerprint density at radius 1 is 1.50 bits per heavy atom. The fourth-order valence-corrected chi connectivity index (χ4v) is 4.04. The van der Waals surface area contributed by atoms with Crippen LogP contribution in [0.3, 0.4) is 0 Å². The van der Waals surface area contributed by atoms with Crippen molar-refractivity contribution in [1.82, 2.24) is 19.4 Å². The summed E-state index contributed by atoms with van der Waals surface area (Å²) in [5.41, 5.74) is 1.88. The lowest BCUT2D eigenvalue weighted by atomic mass is 9.95. The average molecular weight is 304 g/mol. The van der Waals surface area contributed by atoms with Gasteiger partial charge < -0.3 is 9.30 Å². The van der Waals surface area contributed by atoms with Crippen LogP contribution in [0.2, 0.25) is 0 Å². The quantitative estimate of drug-likeness (QED) is 0.872. The molecule has 2 saturated heterocycles. The van der Waals surface area contributed by atoms with Gasteiger partial charge in [0.1, 0.15) is 18.4 Å². The normalized spacial score (nSPS) is 28.4. The van der Waals surface area contributed by atoms with Gasteiger partial charge in [0.25, 0.3) is 0 Å². The number of hydrogen-bond donors (Lipinski definition) is 0. The van der Waals surface area contributed by atoms with E-state index in [1.165, 1.54) is 0 Å². The van der Waals surface area contributed by atoms with E-state index in [-0.39, 0.29) is 5.54 Å². The summed E-state index contributed by atoms with van der Waals surface area (Å²) in [4.78, 5) is 11.1. The van der Waals surface area contributed by atoms with Gasteiger partial charge in [-0.2, -0.15) is 4.98 Å². The Kier molecular flexibility index (Phi) is 3.11. The molecular weight excluding hydrogens is 283 g/mol. The molecule has 0 spiro atoms. The van der Waals surface area contributed by atoms with Crippen LogP contribution in [0.5, 0.6) is 6.01 Å². The Morgan fingerprint density at radius 3 is 3.23 bits per heavy atom. The van der Waals surface area contributed by atoms with Crippen molar-refractivity contribution in [3.63, 3.8) is 0 Å².